The molecule has 0 aliphatic carbocycles. The molecule has 1 aromatic carbocycles. The Labute approximate surface area is 75.2 Å². The summed E-state index contributed by atoms with van der Waals surface area (Å²) in [5.41, 5.74) is 12.5. The average Bonchev–Trinajstić information content (AvgIpc) is 2.20. The van der Waals surface area contributed by atoms with Crippen LogP contribution in [0, 0.1) is 0 Å². The number of hydrogen-bond donors (Lipinski definition) is 3. The van der Waals surface area contributed by atoms with E-state index in [-0.39, 0.29) is 11.9 Å². The summed E-state index contributed by atoms with van der Waals surface area (Å²) in [6.45, 7) is 0. The van der Waals surface area contributed by atoms with E-state index in [1.54, 1.807) is 0 Å². The van der Waals surface area contributed by atoms with Crippen molar-refractivity contribution in [1.82, 2.24) is 0 Å². The minimum atomic E-state index is 0.162. The fraction of sp³-hybridized carbons (Fsp3) is 0. The first kappa shape index (κ1) is 7.60. The molecule has 0 amide bonds. The van der Waals surface area contributed by atoms with Crippen molar-refractivity contribution in [2.24, 2.45) is 21.5 Å². The third-order valence-electron chi connectivity index (χ3n) is 1.64. The van der Waals surface area contributed by atoms with Gasteiger partial charge in [0.15, 0.2) is 0 Å². The predicted octanol–water partition coefficient (Wildman–Crippen LogP) is 0.373. The standard InChI is InChI=1S/C8H9N5/c9-7-11-5-3-1-2-4-6(5)12-8(10)13-7/h1-4H,(H5,9,10,11,12,13). The Balaban J connectivity index is 2.55. The molecule has 0 aromatic heterocycles. The van der Waals surface area contributed by atoms with Crippen LogP contribution in [0.2, 0.25) is 0 Å². The molecule has 0 radical (unpaired) electrons. The molecule has 1 heterocycles. The lowest BCUT2D eigenvalue weighted by Crippen LogP contribution is -2.24. The highest BCUT2D eigenvalue weighted by Gasteiger charge is 2.06. The van der Waals surface area contributed by atoms with Gasteiger partial charge in [-0.25, -0.2) is 4.99 Å². The summed E-state index contributed by atoms with van der Waals surface area (Å²) in [6.07, 6.45) is 0. The number of nitrogens with one attached hydrogen (secondary N) is 1. The smallest absolute Gasteiger partial charge is 0.223 e. The number of para-hydroxylation sites is 2. The second-order valence-electron chi connectivity index (χ2n) is 2.61. The number of aliphatic imine (C=N–C) groups is 2. The van der Waals surface area contributed by atoms with E-state index in [2.05, 4.69) is 15.3 Å². The minimum Gasteiger partial charge on any atom is -0.369 e. The molecule has 5 nitrogen and oxygen atoms in total. The Bertz CT molecular complexity index is 393. The molecule has 66 valence electrons. The first-order valence-corrected chi connectivity index (χ1v) is 3.80. The molecule has 2 rings (SSSR count). The maximum absolute atomic E-state index is 5.52. The molecule has 1 aliphatic heterocycles. The molecule has 5 N–H and O–H groups in total. The Morgan fingerprint density at radius 1 is 1.08 bits per heavy atom. The SMILES string of the molecule is NC1=Nc2ccccc2NC(N)=N1. The fourth-order valence-electron chi connectivity index (χ4n) is 1.11. The minimum absolute atomic E-state index is 0.162. The Morgan fingerprint density at radius 3 is 2.69 bits per heavy atom. The zero-order chi connectivity index (χ0) is 9.26. The van der Waals surface area contributed by atoms with Gasteiger partial charge in [-0.15, -0.1) is 0 Å². The van der Waals surface area contributed by atoms with Crippen LogP contribution in [0.25, 0.3) is 0 Å². The number of benzene rings is 1. The van der Waals surface area contributed by atoms with Gasteiger partial charge in [-0.3, -0.25) is 0 Å². The quantitative estimate of drug-likeness (QED) is 0.532. The van der Waals surface area contributed by atoms with Crippen LogP contribution >= 0.6 is 0 Å². The number of nitrogens with zero attached hydrogens (tertiary/aromatic N) is 2. The summed E-state index contributed by atoms with van der Waals surface area (Å²) in [5.74, 6) is 0.418. The van der Waals surface area contributed by atoms with Crippen LogP contribution in [0.4, 0.5) is 11.4 Å². The summed E-state index contributed by atoms with van der Waals surface area (Å²) in [6, 6.07) is 7.46. The highest BCUT2D eigenvalue weighted by atomic mass is 15.2. The van der Waals surface area contributed by atoms with Gasteiger partial charge >= 0.3 is 0 Å². The molecule has 0 bridgehead atoms. The molecule has 13 heavy (non-hydrogen) atoms. The van der Waals surface area contributed by atoms with E-state index >= 15 is 0 Å². The normalized spacial score (nSPS) is 14.8. The summed E-state index contributed by atoms with van der Waals surface area (Å²) in [5, 5.41) is 2.89. The first-order chi connectivity index (χ1) is 6.25. The Kier molecular flexibility index (Phi) is 1.63. The van der Waals surface area contributed by atoms with Gasteiger partial charge in [0.2, 0.25) is 11.9 Å². The van der Waals surface area contributed by atoms with Crippen LogP contribution in [0.5, 0.6) is 0 Å². The van der Waals surface area contributed by atoms with Gasteiger partial charge in [-0.2, -0.15) is 4.99 Å². The molecule has 0 saturated heterocycles. The van der Waals surface area contributed by atoms with Crippen molar-refractivity contribution >= 4 is 23.3 Å². The summed E-state index contributed by atoms with van der Waals surface area (Å²) < 4.78 is 0. The van der Waals surface area contributed by atoms with Gasteiger partial charge in [0.25, 0.3) is 0 Å². The van der Waals surface area contributed by atoms with Gasteiger partial charge < -0.3 is 16.8 Å². The molecule has 5 heteroatoms. The lowest BCUT2D eigenvalue weighted by molar-refractivity contribution is 1.43. The fourth-order valence-corrected chi connectivity index (χ4v) is 1.11. The van der Waals surface area contributed by atoms with E-state index in [4.69, 9.17) is 11.5 Å². The zero-order valence-corrected chi connectivity index (χ0v) is 6.86. The van der Waals surface area contributed by atoms with E-state index in [9.17, 15) is 0 Å². The van der Waals surface area contributed by atoms with Crippen LogP contribution in [-0.2, 0) is 0 Å². The Hall–Kier alpha value is -2.04. The van der Waals surface area contributed by atoms with Gasteiger partial charge in [0, 0.05) is 0 Å². The van der Waals surface area contributed by atoms with Crippen molar-refractivity contribution in [2.75, 3.05) is 5.32 Å². The topological polar surface area (TPSA) is 88.8 Å². The summed E-state index contributed by atoms with van der Waals surface area (Å²) in [7, 11) is 0. The maximum atomic E-state index is 5.52. The van der Waals surface area contributed by atoms with Crippen LogP contribution in [-0.4, -0.2) is 11.9 Å². The molecule has 0 saturated carbocycles. The summed E-state index contributed by atoms with van der Waals surface area (Å²) in [4.78, 5) is 7.86. The predicted molar refractivity (Wildman–Crippen MR) is 53.0 cm³/mol. The van der Waals surface area contributed by atoms with E-state index < -0.39 is 0 Å². The lowest BCUT2D eigenvalue weighted by atomic mass is 10.3. The van der Waals surface area contributed by atoms with E-state index in [0.717, 1.165) is 11.4 Å². The van der Waals surface area contributed by atoms with E-state index in [1.165, 1.54) is 0 Å². The van der Waals surface area contributed by atoms with Crippen molar-refractivity contribution in [3.8, 4) is 0 Å². The zero-order valence-electron chi connectivity index (χ0n) is 6.86. The molecule has 0 fully saturated rings. The second-order valence-corrected chi connectivity index (χ2v) is 2.61. The van der Waals surface area contributed by atoms with E-state index in [0.29, 0.717) is 0 Å². The highest BCUT2D eigenvalue weighted by molar-refractivity contribution is 6.05. The molecular formula is C8H9N5. The van der Waals surface area contributed by atoms with Crippen molar-refractivity contribution in [3.63, 3.8) is 0 Å². The van der Waals surface area contributed by atoms with E-state index in [1.807, 2.05) is 24.3 Å². The van der Waals surface area contributed by atoms with Gasteiger partial charge in [0.1, 0.15) is 0 Å². The third-order valence-corrected chi connectivity index (χ3v) is 1.64. The van der Waals surface area contributed by atoms with Gasteiger partial charge in [0.05, 0.1) is 11.4 Å². The largest absolute Gasteiger partial charge is 0.369 e. The highest BCUT2D eigenvalue weighted by Crippen LogP contribution is 2.24. The van der Waals surface area contributed by atoms with Crippen LogP contribution < -0.4 is 16.8 Å². The number of fused-ring (bicyclic) bond motifs is 1. The third kappa shape index (κ3) is 1.44. The monoisotopic (exact) mass is 175 g/mol. The van der Waals surface area contributed by atoms with Gasteiger partial charge in [-0.1, -0.05) is 12.1 Å². The van der Waals surface area contributed by atoms with Crippen molar-refractivity contribution in [3.05, 3.63) is 24.3 Å². The molecule has 0 spiro atoms. The number of nitrogens with two attached hydrogens (primary N) is 2. The molecule has 0 unspecified atom stereocenters. The van der Waals surface area contributed by atoms with Crippen LogP contribution in [0.3, 0.4) is 0 Å². The number of hydrogen-bond acceptors (Lipinski definition) is 5. The average molecular weight is 175 g/mol. The number of anilines is 1. The molecule has 0 atom stereocenters. The van der Waals surface area contributed by atoms with Crippen molar-refractivity contribution < 1.29 is 0 Å². The van der Waals surface area contributed by atoms with Gasteiger partial charge in [-0.05, 0) is 12.1 Å². The molecule has 1 aromatic rings. The molecule has 1 aliphatic rings. The Morgan fingerprint density at radius 2 is 1.85 bits per heavy atom. The summed E-state index contributed by atoms with van der Waals surface area (Å²) >= 11 is 0. The maximum Gasteiger partial charge on any atom is 0.223 e. The van der Waals surface area contributed by atoms with Crippen LogP contribution in [0.15, 0.2) is 34.3 Å². The van der Waals surface area contributed by atoms with Crippen LogP contribution in [0.1, 0.15) is 0 Å². The number of guanidine groups is 2. The van der Waals surface area contributed by atoms with Crippen molar-refractivity contribution in [2.45, 2.75) is 0 Å². The first-order valence-electron chi connectivity index (χ1n) is 3.80. The molecular weight excluding hydrogens is 166 g/mol. The number of rotatable bonds is 0. The second kappa shape index (κ2) is 2.78. The van der Waals surface area contributed by atoms with Crippen molar-refractivity contribution in [1.29, 1.82) is 0 Å². The lowest BCUT2D eigenvalue weighted by Gasteiger charge is -2.03.